The van der Waals surface area contributed by atoms with E-state index in [-0.39, 0.29) is 11.4 Å². The number of nitrogens with two attached hydrogens (primary N) is 1. The molecule has 6 nitrogen and oxygen atoms in total. The maximum absolute atomic E-state index is 10.8. The fourth-order valence-electron chi connectivity index (χ4n) is 1.57. The fourth-order valence-corrected chi connectivity index (χ4v) is 1.57. The van der Waals surface area contributed by atoms with E-state index in [1.807, 2.05) is 26.8 Å². The molecule has 3 N–H and O–H groups in total. The van der Waals surface area contributed by atoms with Gasteiger partial charge in [0.15, 0.2) is 0 Å². The van der Waals surface area contributed by atoms with E-state index >= 15 is 0 Å². The Balaban J connectivity index is 0.000000956. The maximum atomic E-state index is 10.8. The van der Waals surface area contributed by atoms with Gasteiger partial charge in [-0.15, -0.1) is 0 Å². The van der Waals surface area contributed by atoms with Crippen molar-refractivity contribution in [3.63, 3.8) is 0 Å². The van der Waals surface area contributed by atoms with Crippen LogP contribution in [0.1, 0.15) is 19.5 Å². The topological polar surface area (TPSA) is 94.1 Å². The number of benzene rings is 1. The normalized spacial score (nSPS) is 9.35. The van der Waals surface area contributed by atoms with E-state index in [4.69, 9.17) is 5.73 Å². The van der Waals surface area contributed by atoms with Gasteiger partial charge in [0.25, 0.3) is 5.69 Å². The molecule has 0 spiro atoms. The van der Waals surface area contributed by atoms with Crippen LogP contribution >= 0.6 is 0 Å². The number of nitrogens with zero attached hydrogens (tertiary/aromatic N) is 2. The third kappa shape index (κ3) is 3.94. The second kappa shape index (κ2) is 7.08. The minimum Gasteiger partial charge on any atom is -0.393 e. The summed E-state index contributed by atoms with van der Waals surface area (Å²) in [6.45, 7) is 5.87. The van der Waals surface area contributed by atoms with Gasteiger partial charge in [0, 0.05) is 29.3 Å². The third-order valence-corrected chi connectivity index (χ3v) is 2.41. The minimum atomic E-state index is -0.502. The standard InChI is InChI=1S/C12H12N4O2.C2H6/c1-8-6-10(4-5-14-8)15-9-2-3-11(13)12(7-9)16(17)18;1-2/h2-7H,13H2,1H3,(H,14,15);1-2H3. The maximum Gasteiger partial charge on any atom is 0.294 e. The van der Waals surface area contributed by atoms with Gasteiger partial charge in [-0.2, -0.15) is 0 Å². The van der Waals surface area contributed by atoms with Gasteiger partial charge in [-0.25, -0.2) is 0 Å². The molecule has 106 valence electrons. The van der Waals surface area contributed by atoms with Crippen molar-refractivity contribution in [1.82, 2.24) is 4.98 Å². The van der Waals surface area contributed by atoms with Crippen molar-refractivity contribution in [1.29, 1.82) is 0 Å². The summed E-state index contributed by atoms with van der Waals surface area (Å²) in [5.74, 6) is 0. The molecular weight excluding hydrogens is 256 g/mol. The van der Waals surface area contributed by atoms with Crippen LogP contribution in [-0.2, 0) is 0 Å². The summed E-state index contributed by atoms with van der Waals surface area (Å²) < 4.78 is 0. The molecule has 1 heterocycles. The Morgan fingerprint density at radius 3 is 2.45 bits per heavy atom. The Labute approximate surface area is 117 Å². The molecule has 0 saturated carbocycles. The number of hydrogen-bond acceptors (Lipinski definition) is 5. The zero-order chi connectivity index (χ0) is 15.1. The number of aromatic nitrogens is 1. The van der Waals surface area contributed by atoms with Crippen molar-refractivity contribution >= 4 is 22.7 Å². The predicted molar refractivity (Wildman–Crippen MR) is 81.1 cm³/mol. The van der Waals surface area contributed by atoms with Crippen LogP contribution in [0.25, 0.3) is 0 Å². The lowest BCUT2D eigenvalue weighted by Gasteiger charge is -2.07. The fraction of sp³-hybridized carbons (Fsp3) is 0.214. The Kier molecular flexibility index (Phi) is 5.46. The Morgan fingerprint density at radius 1 is 1.20 bits per heavy atom. The van der Waals surface area contributed by atoms with Crippen LogP contribution in [0.15, 0.2) is 36.5 Å². The number of pyridine rings is 1. The van der Waals surface area contributed by atoms with E-state index in [0.717, 1.165) is 11.4 Å². The zero-order valence-corrected chi connectivity index (χ0v) is 11.8. The number of nitrogen functional groups attached to an aromatic ring is 1. The lowest BCUT2D eigenvalue weighted by atomic mass is 10.2. The summed E-state index contributed by atoms with van der Waals surface area (Å²) in [5, 5.41) is 13.8. The van der Waals surface area contributed by atoms with Gasteiger partial charge in [-0.05, 0) is 31.2 Å². The highest BCUT2D eigenvalue weighted by Gasteiger charge is 2.11. The van der Waals surface area contributed by atoms with E-state index in [9.17, 15) is 10.1 Å². The smallest absolute Gasteiger partial charge is 0.294 e. The molecule has 6 heteroatoms. The highest BCUT2D eigenvalue weighted by Crippen LogP contribution is 2.27. The van der Waals surface area contributed by atoms with Crippen LogP contribution in [0.5, 0.6) is 0 Å². The van der Waals surface area contributed by atoms with Crippen LogP contribution in [-0.4, -0.2) is 9.91 Å². The number of nitro groups is 1. The minimum absolute atomic E-state index is 0.106. The first-order valence-electron chi connectivity index (χ1n) is 6.30. The van der Waals surface area contributed by atoms with E-state index in [2.05, 4.69) is 10.3 Å². The van der Waals surface area contributed by atoms with Gasteiger partial charge in [-0.3, -0.25) is 15.1 Å². The lowest BCUT2D eigenvalue weighted by Crippen LogP contribution is -1.98. The summed E-state index contributed by atoms with van der Waals surface area (Å²) in [7, 11) is 0. The molecule has 1 aromatic carbocycles. The summed E-state index contributed by atoms with van der Waals surface area (Å²) in [6, 6.07) is 8.25. The van der Waals surface area contributed by atoms with Gasteiger partial charge < -0.3 is 11.1 Å². The highest BCUT2D eigenvalue weighted by atomic mass is 16.6. The van der Waals surface area contributed by atoms with Gasteiger partial charge in [0.05, 0.1) is 4.92 Å². The van der Waals surface area contributed by atoms with Gasteiger partial charge in [0.1, 0.15) is 5.69 Å². The molecule has 0 fully saturated rings. The first-order valence-corrected chi connectivity index (χ1v) is 6.30. The average Bonchev–Trinajstić information content (AvgIpc) is 2.43. The number of hydrogen-bond donors (Lipinski definition) is 2. The molecule has 0 atom stereocenters. The van der Waals surface area contributed by atoms with Gasteiger partial charge in [0.2, 0.25) is 0 Å². The molecule has 0 unspecified atom stereocenters. The average molecular weight is 274 g/mol. The molecule has 1 aromatic heterocycles. The van der Waals surface area contributed by atoms with Crippen molar-refractivity contribution in [2.75, 3.05) is 11.1 Å². The molecule has 0 bridgehead atoms. The molecule has 0 aliphatic rings. The summed E-state index contributed by atoms with van der Waals surface area (Å²) in [6.07, 6.45) is 1.67. The van der Waals surface area contributed by atoms with Crippen molar-refractivity contribution < 1.29 is 4.92 Å². The molecule has 20 heavy (non-hydrogen) atoms. The quantitative estimate of drug-likeness (QED) is 0.506. The van der Waals surface area contributed by atoms with E-state index in [1.165, 1.54) is 12.1 Å². The van der Waals surface area contributed by atoms with Crippen molar-refractivity contribution in [3.8, 4) is 0 Å². The molecule has 0 saturated heterocycles. The number of nitro benzene ring substituents is 1. The third-order valence-electron chi connectivity index (χ3n) is 2.41. The molecule has 2 aromatic rings. The molecule has 0 aliphatic heterocycles. The van der Waals surface area contributed by atoms with Crippen LogP contribution in [0.3, 0.4) is 0 Å². The van der Waals surface area contributed by atoms with E-state index in [0.29, 0.717) is 5.69 Å². The SMILES string of the molecule is CC.Cc1cc(Nc2ccc(N)c([N+](=O)[O-])c2)ccn1. The highest BCUT2D eigenvalue weighted by molar-refractivity contribution is 5.69. The molecule has 0 aliphatic carbocycles. The van der Waals surface area contributed by atoms with Crippen LogP contribution < -0.4 is 11.1 Å². The summed E-state index contributed by atoms with van der Waals surface area (Å²) in [5.41, 5.74) is 7.87. The van der Waals surface area contributed by atoms with Crippen molar-refractivity contribution in [2.45, 2.75) is 20.8 Å². The number of rotatable bonds is 3. The summed E-state index contributed by atoms with van der Waals surface area (Å²) >= 11 is 0. The summed E-state index contributed by atoms with van der Waals surface area (Å²) in [4.78, 5) is 14.3. The first-order chi connectivity index (χ1) is 9.56. The molecule has 0 radical (unpaired) electrons. The van der Waals surface area contributed by atoms with Crippen molar-refractivity contribution in [3.05, 3.63) is 52.3 Å². The van der Waals surface area contributed by atoms with Gasteiger partial charge >= 0.3 is 0 Å². The van der Waals surface area contributed by atoms with Crippen molar-refractivity contribution in [2.24, 2.45) is 0 Å². The van der Waals surface area contributed by atoms with Crippen LogP contribution in [0.2, 0.25) is 0 Å². The lowest BCUT2D eigenvalue weighted by molar-refractivity contribution is -0.383. The zero-order valence-electron chi connectivity index (χ0n) is 11.8. The molecule has 0 amide bonds. The van der Waals surface area contributed by atoms with Crippen LogP contribution in [0.4, 0.5) is 22.7 Å². The molecular formula is C14H18N4O2. The molecule has 2 rings (SSSR count). The van der Waals surface area contributed by atoms with E-state index in [1.54, 1.807) is 18.3 Å². The van der Waals surface area contributed by atoms with Gasteiger partial charge in [-0.1, -0.05) is 13.8 Å². The van der Waals surface area contributed by atoms with E-state index < -0.39 is 4.92 Å². The largest absolute Gasteiger partial charge is 0.393 e. The Hall–Kier alpha value is -2.63. The predicted octanol–water partition coefficient (Wildman–Crippen LogP) is 3.65. The number of nitrogens with one attached hydrogen (secondary N) is 1. The second-order valence-corrected chi connectivity index (χ2v) is 3.84. The Morgan fingerprint density at radius 2 is 1.85 bits per heavy atom. The second-order valence-electron chi connectivity index (χ2n) is 3.84. The first kappa shape index (κ1) is 15.4. The number of anilines is 3. The monoisotopic (exact) mass is 274 g/mol. The Bertz CT molecular complexity index is 599. The number of aryl methyl sites for hydroxylation is 1. The van der Waals surface area contributed by atoms with Crippen LogP contribution in [0, 0.1) is 17.0 Å².